The molecule has 0 saturated carbocycles. The van der Waals surface area contributed by atoms with Gasteiger partial charge in [-0.1, -0.05) is 109 Å². The van der Waals surface area contributed by atoms with Crippen molar-refractivity contribution in [2.24, 2.45) is 0 Å². The van der Waals surface area contributed by atoms with Gasteiger partial charge in [-0.25, -0.2) is 0 Å². The summed E-state index contributed by atoms with van der Waals surface area (Å²) in [6.07, 6.45) is -0.761. The number of nitrogens with zero attached hydrogens (tertiary/aromatic N) is 2. The van der Waals surface area contributed by atoms with Crippen LogP contribution in [0.15, 0.2) is 170 Å². The summed E-state index contributed by atoms with van der Waals surface area (Å²) >= 11 is 0. The van der Waals surface area contributed by atoms with Crippen molar-refractivity contribution in [3.8, 4) is 68.2 Å². The highest BCUT2D eigenvalue weighted by Gasteiger charge is 2.32. The van der Waals surface area contributed by atoms with E-state index in [9.17, 15) is 0 Å². The molecule has 0 aliphatic carbocycles. The van der Waals surface area contributed by atoms with Crippen molar-refractivity contribution in [2.75, 3.05) is 9.80 Å². The minimum absolute atomic E-state index is 0.0951. The first-order valence-corrected chi connectivity index (χ1v) is 35.8. The highest BCUT2D eigenvalue weighted by atomic mass is 16.5. The predicted octanol–water partition coefficient (Wildman–Crippen LogP) is 25.3. The Morgan fingerprint density at radius 2 is 0.430 bits per heavy atom. The summed E-state index contributed by atoms with van der Waals surface area (Å²) < 4.78 is 53.8. The third-order valence-corrected chi connectivity index (χ3v) is 18.3. The molecule has 0 bridgehead atoms. The smallest absolute Gasteiger partial charge is 0.128 e. The summed E-state index contributed by atoms with van der Waals surface area (Å²) in [4.78, 5) is 4.69. The van der Waals surface area contributed by atoms with Crippen LogP contribution >= 0.6 is 0 Å². The zero-order chi connectivity index (χ0) is 70.9. The molecule has 13 aromatic rings. The summed E-state index contributed by atoms with van der Waals surface area (Å²) in [7, 11) is 0. The van der Waals surface area contributed by atoms with Crippen LogP contribution in [-0.2, 0) is 0 Å². The van der Waals surface area contributed by atoms with E-state index in [4.69, 9.17) is 37.9 Å². The van der Waals surface area contributed by atoms with Crippen LogP contribution in [-0.4, -0.2) is 48.8 Å². The number of rotatable bonds is 24. The minimum atomic E-state index is -0.0951. The Balaban J connectivity index is 1.17. The van der Waals surface area contributed by atoms with Crippen molar-refractivity contribution in [2.45, 2.75) is 187 Å². The molecule has 0 amide bonds. The molecule has 0 atom stereocenters. The van der Waals surface area contributed by atoms with Crippen LogP contribution in [0.2, 0.25) is 0 Å². The van der Waals surface area contributed by atoms with Crippen molar-refractivity contribution < 1.29 is 37.9 Å². The van der Waals surface area contributed by atoms with Gasteiger partial charge in [-0.3, -0.25) is 0 Å². The van der Waals surface area contributed by atoms with Gasteiger partial charge >= 0.3 is 0 Å². The topological polar surface area (TPSA) is 80.3 Å². The first kappa shape index (κ1) is 68.5. The fourth-order valence-corrected chi connectivity index (χ4v) is 14.6. The molecule has 0 fully saturated rings. The third kappa shape index (κ3) is 12.8. The van der Waals surface area contributed by atoms with Crippen molar-refractivity contribution >= 4 is 98.8 Å². The van der Waals surface area contributed by atoms with Crippen LogP contribution < -0.4 is 47.7 Å². The SMILES string of the molecule is Cc1c(OC(C)C)cc(N(c2cc(OC(C)C)c(C)c(OC(C)C)c2)c2ccc3c4c(-c5ccccc5)c5c6ccc(N(c7cc(OC(C)C)c(C)c(OC(C)C)c7)c7cc(OC(C)C)c(C)c(OC(C)C)c7)c7cccc(c5c(-c5ccccc5)c4c4cccc2c43)c76)cc1OC(C)C. The lowest BCUT2D eigenvalue weighted by Gasteiger charge is -2.30. The summed E-state index contributed by atoms with van der Waals surface area (Å²) in [6.45, 7) is 41.5. The van der Waals surface area contributed by atoms with Gasteiger partial charge in [0.15, 0.2) is 0 Å². The largest absolute Gasteiger partial charge is 0.491 e. The second kappa shape index (κ2) is 27.6. The standard InChI is InChI=1S/C90H96N2O8/c1-49(2)93-75-41-63(42-76(57(75)17)94-50(3)4)91(64-43-77(95-51(5)6)58(18)78(44-64)96-52(7)8)73-39-37-71-85-67(73)33-27-35-69(85)87-83(61-29-23-21-24-30-61)88-70-36-28-34-68-74(40-38-72(86(68)70)90(88)84(89(71)87)62-31-25-22-26-32-62)92(65-45-79(97-53(9)10)59(19)80(46-65)98-54(11)12)66-47-81(99-55(13)14)60(20)82(48-66)100-56(15)16/h21-56H,1-20H3. The van der Waals surface area contributed by atoms with Crippen molar-refractivity contribution in [1.29, 1.82) is 0 Å². The lowest BCUT2D eigenvalue weighted by molar-refractivity contribution is 0.225. The van der Waals surface area contributed by atoms with Crippen LogP contribution in [0.5, 0.6) is 46.0 Å². The zero-order valence-electron chi connectivity index (χ0n) is 61.9. The fourth-order valence-electron chi connectivity index (χ4n) is 14.6. The molecule has 13 rings (SSSR count). The number of hydrogen-bond acceptors (Lipinski definition) is 10. The average molecular weight is 1330 g/mol. The van der Waals surface area contributed by atoms with Crippen LogP contribution in [0.25, 0.3) is 86.9 Å². The van der Waals surface area contributed by atoms with Gasteiger partial charge in [-0.15, -0.1) is 0 Å². The van der Waals surface area contributed by atoms with Crippen LogP contribution in [0.3, 0.4) is 0 Å². The Morgan fingerprint density at radius 3 is 0.650 bits per heavy atom. The molecule has 0 spiro atoms. The Bertz CT molecular complexity index is 4510. The number of fused-ring (bicyclic) bond motifs is 6. The lowest BCUT2D eigenvalue weighted by Crippen LogP contribution is -2.16. The van der Waals surface area contributed by atoms with E-state index in [0.29, 0.717) is 0 Å². The molecule has 10 heteroatoms. The van der Waals surface area contributed by atoms with E-state index >= 15 is 0 Å². The van der Waals surface area contributed by atoms with Gasteiger partial charge in [0, 0.05) is 81.6 Å². The molecular formula is C90H96N2O8. The van der Waals surface area contributed by atoms with E-state index in [1.807, 2.05) is 0 Å². The summed E-state index contributed by atoms with van der Waals surface area (Å²) in [6, 6.07) is 62.5. The Morgan fingerprint density at radius 1 is 0.220 bits per heavy atom. The van der Waals surface area contributed by atoms with E-state index in [1.165, 1.54) is 32.7 Å². The molecule has 0 aliphatic rings. The zero-order valence-corrected chi connectivity index (χ0v) is 61.9. The maximum absolute atomic E-state index is 6.73. The molecule has 0 aromatic heterocycles. The van der Waals surface area contributed by atoms with E-state index in [1.54, 1.807) is 0 Å². The number of ether oxygens (including phenoxy) is 8. The average Bonchev–Trinajstić information content (AvgIpc) is 1.52. The van der Waals surface area contributed by atoms with E-state index in [-0.39, 0.29) is 48.8 Å². The molecule has 0 unspecified atom stereocenters. The third-order valence-electron chi connectivity index (χ3n) is 18.3. The van der Waals surface area contributed by atoms with Crippen LogP contribution in [0.4, 0.5) is 34.1 Å². The van der Waals surface area contributed by atoms with Gasteiger partial charge in [-0.05, 0) is 227 Å². The highest BCUT2D eigenvalue weighted by molar-refractivity contribution is 6.47. The number of anilines is 6. The van der Waals surface area contributed by atoms with Gasteiger partial charge in [0.2, 0.25) is 0 Å². The molecule has 0 heterocycles. The van der Waals surface area contributed by atoms with Gasteiger partial charge in [0.25, 0.3) is 0 Å². The number of hydrogen-bond donors (Lipinski definition) is 0. The molecule has 514 valence electrons. The summed E-state index contributed by atoms with van der Waals surface area (Å²) in [5, 5.41) is 13.9. The van der Waals surface area contributed by atoms with Crippen LogP contribution in [0, 0.1) is 27.7 Å². The molecular weight excluding hydrogens is 1240 g/mol. The van der Waals surface area contributed by atoms with Gasteiger partial charge in [0.05, 0.1) is 83.0 Å². The van der Waals surface area contributed by atoms with Gasteiger partial charge in [0.1, 0.15) is 46.0 Å². The monoisotopic (exact) mass is 1330 g/mol. The van der Waals surface area contributed by atoms with E-state index in [0.717, 1.165) is 157 Å². The van der Waals surface area contributed by atoms with Crippen molar-refractivity contribution in [3.63, 3.8) is 0 Å². The number of benzene rings is 11. The Kier molecular flexibility index (Phi) is 18.9. The highest BCUT2D eigenvalue weighted by Crippen LogP contribution is 2.59. The molecule has 0 N–H and O–H groups in total. The Hall–Kier alpha value is -10.1. The second-order valence-electron chi connectivity index (χ2n) is 29.0. The molecule has 0 radical (unpaired) electrons. The van der Waals surface area contributed by atoms with Gasteiger partial charge in [-0.2, -0.15) is 0 Å². The summed E-state index contributed by atoms with van der Waals surface area (Å²) in [5.41, 5.74) is 13.8. The lowest BCUT2D eigenvalue weighted by atomic mass is 9.87. The predicted molar refractivity (Wildman–Crippen MR) is 419 cm³/mol. The van der Waals surface area contributed by atoms with E-state index < -0.39 is 0 Å². The van der Waals surface area contributed by atoms with Gasteiger partial charge < -0.3 is 47.7 Å². The first-order valence-electron chi connectivity index (χ1n) is 35.8. The summed E-state index contributed by atoms with van der Waals surface area (Å²) in [5.74, 6) is 5.98. The molecule has 0 saturated heterocycles. The maximum atomic E-state index is 6.73. The fraction of sp³-hybridized carbons (Fsp3) is 0.311. The molecule has 10 nitrogen and oxygen atoms in total. The second-order valence-corrected chi connectivity index (χ2v) is 29.0. The van der Waals surface area contributed by atoms with Crippen LogP contribution in [0.1, 0.15) is 133 Å². The minimum Gasteiger partial charge on any atom is -0.491 e. The molecule has 0 aliphatic heterocycles. The molecule has 13 aromatic carbocycles. The van der Waals surface area contributed by atoms with E-state index in [2.05, 4.69) is 318 Å². The van der Waals surface area contributed by atoms with Crippen molar-refractivity contribution in [3.05, 3.63) is 192 Å². The normalized spacial score (nSPS) is 12.1. The quantitative estimate of drug-likeness (QED) is 0.0584. The maximum Gasteiger partial charge on any atom is 0.128 e. The van der Waals surface area contributed by atoms with Crippen molar-refractivity contribution in [1.82, 2.24) is 0 Å². The molecule has 100 heavy (non-hydrogen) atoms. The Labute approximate surface area is 590 Å². The first-order chi connectivity index (χ1) is 47.8.